The third kappa shape index (κ3) is 12.5. The molecule has 0 amide bonds. The molecule has 0 N–H and O–H groups in total. The fourth-order valence-corrected chi connectivity index (χ4v) is 18.6. The van der Waals surface area contributed by atoms with Crippen molar-refractivity contribution in [2.45, 2.75) is 45.0 Å². The first kappa shape index (κ1) is 67.4. The van der Waals surface area contributed by atoms with Crippen molar-refractivity contribution in [3.05, 3.63) is 479 Å². The zero-order valence-electron chi connectivity index (χ0n) is 60.1. The van der Waals surface area contributed by atoms with Gasteiger partial charge in [0, 0.05) is 55.4 Å². The van der Waals surface area contributed by atoms with Gasteiger partial charge in [-0.05, 0) is 238 Å². The molecule has 15 aromatic rings. The van der Waals surface area contributed by atoms with Crippen LogP contribution in [-0.4, -0.2) is 0 Å². The molecule has 4 heteroatoms. The van der Waals surface area contributed by atoms with E-state index in [1.165, 1.54) is 116 Å². The summed E-state index contributed by atoms with van der Waals surface area (Å²) in [5.74, 6) is 1.76. The van der Waals surface area contributed by atoms with Crippen LogP contribution in [0.5, 0.6) is 0 Å². The van der Waals surface area contributed by atoms with E-state index in [0.717, 1.165) is 75.0 Å². The Hall–Kier alpha value is -12.4. The molecule has 0 saturated carbocycles. The average molecular weight is 1420 g/mol. The minimum atomic E-state index is -0.659. The maximum Gasteiger partial charge on any atom is 0.0714 e. The van der Waals surface area contributed by atoms with Gasteiger partial charge in [-0.15, -0.1) is 23.5 Å². The van der Waals surface area contributed by atoms with Crippen LogP contribution >= 0.6 is 23.5 Å². The number of fused-ring (bicyclic) bond motifs is 5. The summed E-state index contributed by atoms with van der Waals surface area (Å²) in [4.78, 5) is 7.41. The number of hydrogen-bond acceptors (Lipinski definition) is 4. The van der Waals surface area contributed by atoms with E-state index in [1.54, 1.807) is 0 Å². The second kappa shape index (κ2) is 29.5. The van der Waals surface area contributed by atoms with Crippen molar-refractivity contribution in [1.82, 2.24) is 0 Å². The maximum atomic E-state index is 3.97. The molecule has 2 atom stereocenters. The largest absolute Gasteiger partial charge is 0.314 e. The van der Waals surface area contributed by atoms with Crippen molar-refractivity contribution < 1.29 is 0 Å². The van der Waals surface area contributed by atoms with Gasteiger partial charge < -0.3 is 9.80 Å². The molecule has 0 radical (unpaired) electrons. The molecule has 0 heterocycles. The van der Waals surface area contributed by atoms with Gasteiger partial charge in [0.2, 0.25) is 0 Å². The smallest absolute Gasteiger partial charge is 0.0714 e. The van der Waals surface area contributed by atoms with Crippen molar-refractivity contribution in [2.24, 2.45) is 0 Å². The lowest BCUT2D eigenvalue weighted by Gasteiger charge is -2.37. The third-order valence-corrected chi connectivity index (χ3v) is 24.3. The van der Waals surface area contributed by atoms with Crippen LogP contribution in [0.1, 0.15) is 79.6 Å². The molecule has 3 aliphatic rings. The van der Waals surface area contributed by atoms with Crippen LogP contribution in [0, 0.1) is 0 Å². The average Bonchev–Trinajstić information content (AvgIpc) is 1.54. The summed E-state index contributed by atoms with van der Waals surface area (Å²) >= 11 is 3.75. The van der Waals surface area contributed by atoms with Gasteiger partial charge in [0.1, 0.15) is 0 Å². The number of nitrogens with zero attached hydrogens (tertiary/aromatic N) is 2. The van der Waals surface area contributed by atoms with E-state index >= 15 is 0 Å². The fourth-order valence-electron chi connectivity index (χ4n) is 16.9. The number of rotatable bonds is 21. The number of hydrogen-bond donors (Lipinski definition) is 0. The van der Waals surface area contributed by atoms with Crippen LogP contribution in [0.2, 0.25) is 0 Å². The minimum absolute atomic E-state index is 0.611. The lowest BCUT2D eigenvalue weighted by molar-refractivity contribution is 0.750. The Balaban J connectivity index is 0.702. The summed E-state index contributed by atoms with van der Waals surface area (Å²) in [5, 5.41) is 0. The van der Waals surface area contributed by atoms with Crippen molar-refractivity contribution in [1.29, 1.82) is 0 Å². The monoisotopic (exact) mass is 1420 g/mol. The Morgan fingerprint density at radius 1 is 0.287 bits per heavy atom. The first-order chi connectivity index (χ1) is 53.4. The first-order valence-electron chi connectivity index (χ1n) is 37.3. The van der Waals surface area contributed by atoms with E-state index in [1.807, 2.05) is 35.7 Å². The van der Waals surface area contributed by atoms with Crippen LogP contribution in [0.3, 0.4) is 0 Å². The SMILES string of the molecule is C=Cc1ccc(CSc2ccc(C3(c4ccccc4)C4=C(CCC(N(c5ccccc5)c5ccc(-c6ccc(N(c7ccccc7)c7ccc8c(c7)C(c7ccccc7)(c7ccc(SCc9ccc(C=C)cc9)cc7)c7cc(-c9ccccc9)ccc7-8)cc6)cc5)=C4)c4ccc(-c5ccccc5)cc43)cc2)cc1. The molecule has 2 unspecified atom stereocenters. The number of anilines is 5. The molecular weight excluding hydrogens is 1340 g/mol. The predicted molar refractivity (Wildman–Crippen MR) is 459 cm³/mol. The van der Waals surface area contributed by atoms with E-state index in [-0.39, 0.29) is 0 Å². The summed E-state index contributed by atoms with van der Waals surface area (Å²) in [7, 11) is 0. The second-order valence-electron chi connectivity index (χ2n) is 28.2. The summed E-state index contributed by atoms with van der Waals surface area (Å²) in [6.45, 7) is 7.94. The van der Waals surface area contributed by atoms with Gasteiger partial charge >= 0.3 is 0 Å². The van der Waals surface area contributed by atoms with Gasteiger partial charge in [-0.3, -0.25) is 0 Å². The maximum absolute atomic E-state index is 3.97. The van der Waals surface area contributed by atoms with Gasteiger partial charge in [0.25, 0.3) is 0 Å². The summed E-state index contributed by atoms with van der Waals surface area (Å²) < 4.78 is 0. The summed E-state index contributed by atoms with van der Waals surface area (Å²) in [6.07, 6.45) is 8.13. The van der Waals surface area contributed by atoms with Crippen molar-refractivity contribution in [3.8, 4) is 44.5 Å². The highest BCUT2D eigenvalue weighted by Gasteiger charge is 2.50. The Kier molecular flexibility index (Phi) is 18.4. The molecule has 0 saturated heterocycles. The highest BCUT2D eigenvalue weighted by atomic mass is 32.2. The Morgan fingerprint density at radius 3 is 1.12 bits per heavy atom. The van der Waals surface area contributed by atoms with Gasteiger partial charge in [-0.25, -0.2) is 0 Å². The standard InChI is InChI=1S/C104H78N2S2/c1-3-73-35-39-75(40-36-73)71-107-93-59-49-85(50-60-93)103(83-27-15-7-16-28-83)99-67-81(77-23-11-5-12-24-77)47-63-95(99)97-65-57-91(69-101(97)103)105(87-31-19-9-20-32-87)89-53-43-79(44-54-89)80-45-55-90(56-46-80)106(88-33-21-10-22-34-88)92-58-66-98-96-64-48-82(78-25-13-6-14-26-78)68-100(96)104(102(98)70-92,84-29-17-8-18-30-84)86-51-61-94(62-52-86)108-72-76-41-37-74(4-2)38-42-76/h3-57,59-65,67-70H,1-2,58,66,71-72H2. The number of allylic oxidation sites excluding steroid dienone is 4. The van der Waals surface area contributed by atoms with E-state index in [0.29, 0.717) is 0 Å². The molecule has 516 valence electrons. The highest BCUT2D eigenvalue weighted by molar-refractivity contribution is 7.98. The third-order valence-electron chi connectivity index (χ3n) is 22.1. The molecule has 0 aliphatic heterocycles. The van der Waals surface area contributed by atoms with Gasteiger partial charge in [0.05, 0.1) is 10.8 Å². The Labute approximate surface area is 643 Å². The molecular formula is C104H78N2S2. The molecule has 108 heavy (non-hydrogen) atoms. The molecule has 3 aliphatic carbocycles. The molecule has 18 rings (SSSR count). The number of para-hydroxylation sites is 2. The first-order valence-corrected chi connectivity index (χ1v) is 39.3. The summed E-state index contributed by atoms with van der Waals surface area (Å²) in [6, 6.07) is 142. The fraction of sp³-hybridized carbons (Fsp3) is 0.0577. The number of thioether (sulfide) groups is 2. The lowest BCUT2D eigenvalue weighted by Crippen LogP contribution is -2.31. The normalized spacial score (nSPS) is 15.3. The highest BCUT2D eigenvalue weighted by Crippen LogP contribution is 2.61. The zero-order valence-corrected chi connectivity index (χ0v) is 61.7. The van der Waals surface area contributed by atoms with Crippen LogP contribution in [0.15, 0.2) is 422 Å². The minimum Gasteiger partial charge on any atom is -0.314 e. The van der Waals surface area contributed by atoms with Crippen molar-refractivity contribution in [3.63, 3.8) is 0 Å². The lowest BCUT2D eigenvalue weighted by atomic mass is 9.66. The van der Waals surface area contributed by atoms with Crippen molar-refractivity contribution in [2.75, 3.05) is 9.80 Å². The van der Waals surface area contributed by atoms with E-state index in [2.05, 4.69) is 411 Å². The summed E-state index contributed by atoms with van der Waals surface area (Å²) in [5.41, 5.74) is 32.8. The molecule has 0 bridgehead atoms. The van der Waals surface area contributed by atoms with Crippen LogP contribution < -0.4 is 9.80 Å². The van der Waals surface area contributed by atoms with E-state index in [9.17, 15) is 0 Å². The van der Waals surface area contributed by atoms with Gasteiger partial charge in [-0.1, -0.05) is 310 Å². The molecule has 15 aromatic carbocycles. The molecule has 0 fully saturated rings. The van der Waals surface area contributed by atoms with Crippen LogP contribution in [0.4, 0.5) is 28.4 Å². The van der Waals surface area contributed by atoms with E-state index in [4.69, 9.17) is 0 Å². The van der Waals surface area contributed by atoms with Crippen molar-refractivity contribution >= 4 is 69.7 Å². The molecule has 0 spiro atoms. The Morgan fingerprint density at radius 2 is 0.639 bits per heavy atom. The molecule has 2 nitrogen and oxygen atoms in total. The topological polar surface area (TPSA) is 6.48 Å². The second-order valence-corrected chi connectivity index (χ2v) is 30.3. The quantitative estimate of drug-likeness (QED) is 0.0661. The van der Waals surface area contributed by atoms with Gasteiger partial charge in [0.15, 0.2) is 0 Å². The Bertz CT molecular complexity index is 5820. The van der Waals surface area contributed by atoms with E-state index < -0.39 is 10.8 Å². The van der Waals surface area contributed by atoms with Gasteiger partial charge in [-0.2, -0.15) is 0 Å². The predicted octanol–water partition coefficient (Wildman–Crippen LogP) is 28.0. The molecule has 0 aromatic heterocycles. The van der Waals surface area contributed by atoms with Crippen LogP contribution in [0.25, 0.3) is 62.2 Å². The zero-order chi connectivity index (χ0) is 72.4. The number of benzene rings is 15. The van der Waals surface area contributed by atoms with Crippen LogP contribution in [-0.2, 0) is 22.3 Å².